The molecule has 104 valence electrons. The summed E-state index contributed by atoms with van der Waals surface area (Å²) in [5, 5.41) is 11.1. The number of hydrogen-bond donors (Lipinski definition) is 3. The van der Waals surface area contributed by atoms with E-state index in [1.807, 2.05) is 0 Å². The number of carbonyl (C=O) groups is 2. The molecular formula is C12H12FN5O2. The Morgan fingerprint density at radius 2 is 2.20 bits per heavy atom. The number of rotatable bonds is 4. The summed E-state index contributed by atoms with van der Waals surface area (Å²) in [5.74, 6) is -0.838. The van der Waals surface area contributed by atoms with E-state index in [0.717, 1.165) is 6.07 Å². The lowest BCUT2D eigenvalue weighted by atomic mass is 10.2. The number of benzene rings is 1. The number of hydrogen-bond acceptors (Lipinski definition) is 4. The standard InChI is InChI=1S/C12H12FN5O2/c1-7-15-12(18-17-7)16-10(19)6-14-11(20)8-3-2-4-9(13)5-8/h2-5H,6H2,1H3,(H,14,20)(H2,15,16,17,18,19). The first-order valence-electron chi connectivity index (χ1n) is 5.77. The number of aryl methyl sites for hydroxylation is 1. The van der Waals surface area contributed by atoms with Gasteiger partial charge in [-0.2, -0.15) is 4.98 Å². The Hall–Kier alpha value is -2.77. The molecule has 0 aliphatic heterocycles. The Kier molecular flexibility index (Phi) is 4.04. The van der Waals surface area contributed by atoms with Crippen LogP contribution in [0.1, 0.15) is 16.2 Å². The first-order valence-corrected chi connectivity index (χ1v) is 5.77. The lowest BCUT2D eigenvalue weighted by molar-refractivity contribution is -0.115. The number of halogens is 1. The lowest BCUT2D eigenvalue weighted by Gasteiger charge is -2.04. The molecular weight excluding hydrogens is 265 g/mol. The molecule has 7 nitrogen and oxygen atoms in total. The highest BCUT2D eigenvalue weighted by Gasteiger charge is 2.10. The topological polar surface area (TPSA) is 99.8 Å². The number of H-pyrrole nitrogens is 1. The molecule has 0 saturated carbocycles. The molecule has 0 atom stereocenters. The van der Waals surface area contributed by atoms with E-state index in [1.54, 1.807) is 6.92 Å². The number of nitrogens with one attached hydrogen (secondary N) is 3. The van der Waals surface area contributed by atoms with E-state index in [2.05, 4.69) is 25.8 Å². The first-order chi connectivity index (χ1) is 9.54. The summed E-state index contributed by atoms with van der Waals surface area (Å²) >= 11 is 0. The second-order valence-corrected chi connectivity index (χ2v) is 3.99. The molecule has 0 saturated heterocycles. The maximum absolute atomic E-state index is 12.9. The average Bonchev–Trinajstić information content (AvgIpc) is 2.81. The molecule has 0 radical (unpaired) electrons. The van der Waals surface area contributed by atoms with Crippen LogP contribution in [0.4, 0.5) is 10.3 Å². The second kappa shape index (κ2) is 5.91. The van der Waals surface area contributed by atoms with Gasteiger partial charge in [0.1, 0.15) is 11.6 Å². The second-order valence-electron chi connectivity index (χ2n) is 3.99. The minimum Gasteiger partial charge on any atom is -0.343 e. The Labute approximate surface area is 113 Å². The van der Waals surface area contributed by atoms with E-state index < -0.39 is 17.6 Å². The number of anilines is 1. The lowest BCUT2D eigenvalue weighted by Crippen LogP contribution is -2.33. The number of aromatic nitrogens is 3. The minimum atomic E-state index is -0.536. The predicted molar refractivity (Wildman–Crippen MR) is 68.5 cm³/mol. The van der Waals surface area contributed by atoms with Crippen LogP contribution < -0.4 is 10.6 Å². The molecule has 20 heavy (non-hydrogen) atoms. The number of amides is 2. The zero-order chi connectivity index (χ0) is 14.5. The number of aromatic amines is 1. The summed E-state index contributed by atoms with van der Waals surface area (Å²) < 4.78 is 12.9. The van der Waals surface area contributed by atoms with E-state index in [9.17, 15) is 14.0 Å². The van der Waals surface area contributed by atoms with Crippen LogP contribution in [0.5, 0.6) is 0 Å². The van der Waals surface area contributed by atoms with Crippen molar-refractivity contribution in [2.24, 2.45) is 0 Å². The van der Waals surface area contributed by atoms with Crippen molar-refractivity contribution in [2.75, 3.05) is 11.9 Å². The van der Waals surface area contributed by atoms with E-state index in [0.29, 0.717) is 5.82 Å². The fourth-order valence-corrected chi connectivity index (χ4v) is 1.46. The zero-order valence-corrected chi connectivity index (χ0v) is 10.6. The van der Waals surface area contributed by atoms with E-state index in [-0.39, 0.29) is 18.1 Å². The minimum absolute atomic E-state index is 0.132. The van der Waals surface area contributed by atoms with Crippen molar-refractivity contribution in [2.45, 2.75) is 6.92 Å². The van der Waals surface area contributed by atoms with Crippen LogP contribution in [0, 0.1) is 12.7 Å². The molecule has 3 N–H and O–H groups in total. The molecule has 1 heterocycles. The fraction of sp³-hybridized carbons (Fsp3) is 0.167. The van der Waals surface area contributed by atoms with Gasteiger partial charge in [-0.15, -0.1) is 5.10 Å². The highest BCUT2D eigenvalue weighted by molar-refractivity contribution is 5.98. The summed E-state index contributed by atoms with van der Waals surface area (Å²) in [5.41, 5.74) is 0.145. The van der Waals surface area contributed by atoms with Gasteiger partial charge in [-0.05, 0) is 25.1 Å². The van der Waals surface area contributed by atoms with Gasteiger partial charge in [-0.25, -0.2) is 4.39 Å². The third kappa shape index (κ3) is 3.61. The Morgan fingerprint density at radius 3 is 2.85 bits per heavy atom. The van der Waals surface area contributed by atoms with Crippen LogP contribution in [0.2, 0.25) is 0 Å². The SMILES string of the molecule is Cc1nc(NC(=O)CNC(=O)c2cccc(F)c2)n[nH]1. The van der Waals surface area contributed by atoms with Gasteiger partial charge in [0, 0.05) is 5.56 Å². The van der Waals surface area contributed by atoms with Crippen LogP contribution in [0.25, 0.3) is 0 Å². The molecule has 2 aromatic rings. The Bertz CT molecular complexity index is 640. The molecule has 1 aromatic heterocycles. The van der Waals surface area contributed by atoms with Crippen LogP contribution >= 0.6 is 0 Å². The van der Waals surface area contributed by atoms with Gasteiger partial charge in [-0.1, -0.05) is 6.07 Å². The predicted octanol–water partition coefficient (Wildman–Crippen LogP) is 0.621. The van der Waals surface area contributed by atoms with E-state index in [4.69, 9.17) is 0 Å². The van der Waals surface area contributed by atoms with E-state index >= 15 is 0 Å². The molecule has 2 rings (SSSR count). The summed E-state index contributed by atoms with van der Waals surface area (Å²) in [6.07, 6.45) is 0. The summed E-state index contributed by atoms with van der Waals surface area (Å²) in [6.45, 7) is 1.43. The Morgan fingerprint density at radius 1 is 1.40 bits per heavy atom. The molecule has 0 aliphatic rings. The molecule has 0 aliphatic carbocycles. The van der Waals surface area contributed by atoms with E-state index in [1.165, 1.54) is 18.2 Å². The van der Waals surface area contributed by atoms with Crippen molar-refractivity contribution < 1.29 is 14.0 Å². The zero-order valence-electron chi connectivity index (χ0n) is 10.6. The van der Waals surface area contributed by atoms with Crippen LogP contribution in [-0.4, -0.2) is 33.5 Å². The van der Waals surface area contributed by atoms with Crippen molar-refractivity contribution in [1.82, 2.24) is 20.5 Å². The van der Waals surface area contributed by atoms with Crippen molar-refractivity contribution >= 4 is 17.8 Å². The van der Waals surface area contributed by atoms with Gasteiger partial charge in [0.2, 0.25) is 11.9 Å². The molecule has 0 bridgehead atoms. The third-order valence-electron chi connectivity index (χ3n) is 2.34. The van der Waals surface area contributed by atoms with Gasteiger partial charge in [-0.3, -0.25) is 20.0 Å². The molecule has 0 fully saturated rings. The molecule has 0 unspecified atom stereocenters. The molecule has 1 aromatic carbocycles. The van der Waals surface area contributed by atoms with Crippen molar-refractivity contribution in [3.05, 3.63) is 41.5 Å². The maximum Gasteiger partial charge on any atom is 0.251 e. The summed E-state index contributed by atoms with van der Waals surface area (Å²) in [7, 11) is 0. The van der Waals surface area contributed by atoms with Gasteiger partial charge in [0.25, 0.3) is 5.91 Å². The highest BCUT2D eigenvalue weighted by atomic mass is 19.1. The quantitative estimate of drug-likeness (QED) is 0.762. The summed E-state index contributed by atoms with van der Waals surface area (Å²) in [6, 6.07) is 5.19. The Balaban J connectivity index is 1.85. The fourth-order valence-electron chi connectivity index (χ4n) is 1.46. The van der Waals surface area contributed by atoms with Crippen molar-refractivity contribution in [1.29, 1.82) is 0 Å². The first kappa shape index (κ1) is 13.7. The smallest absolute Gasteiger partial charge is 0.251 e. The number of carbonyl (C=O) groups excluding carboxylic acids is 2. The van der Waals surface area contributed by atoms with Crippen LogP contribution in [0.15, 0.2) is 24.3 Å². The largest absolute Gasteiger partial charge is 0.343 e. The normalized spacial score (nSPS) is 10.1. The summed E-state index contributed by atoms with van der Waals surface area (Å²) in [4.78, 5) is 27.1. The third-order valence-corrected chi connectivity index (χ3v) is 2.34. The van der Waals surface area contributed by atoms with Gasteiger partial charge in [0.15, 0.2) is 0 Å². The van der Waals surface area contributed by atoms with Gasteiger partial charge in [0.05, 0.1) is 6.54 Å². The van der Waals surface area contributed by atoms with Crippen molar-refractivity contribution in [3.8, 4) is 0 Å². The van der Waals surface area contributed by atoms with Crippen LogP contribution in [-0.2, 0) is 4.79 Å². The highest BCUT2D eigenvalue weighted by Crippen LogP contribution is 2.03. The average molecular weight is 277 g/mol. The monoisotopic (exact) mass is 277 g/mol. The molecule has 8 heteroatoms. The van der Waals surface area contributed by atoms with Gasteiger partial charge < -0.3 is 5.32 Å². The molecule has 0 spiro atoms. The molecule has 2 amide bonds. The van der Waals surface area contributed by atoms with Gasteiger partial charge >= 0.3 is 0 Å². The number of nitrogens with zero attached hydrogens (tertiary/aromatic N) is 2. The maximum atomic E-state index is 12.9. The van der Waals surface area contributed by atoms with Crippen LogP contribution in [0.3, 0.4) is 0 Å². The van der Waals surface area contributed by atoms with Crippen molar-refractivity contribution in [3.63, 3.8) is 0 Å².